The third-order valence-corrected chi connectivity index (χ3v) is 2.40. The Labute approximate surface area is 72.2 Å². The van der Waals surface area contributed by atoms with Crippen LogP contribution in [-0.2, 0) is 0 Å². The van der Waals surface area contributed by atoms with Crippen molar-refractivity contribution in [3.63, 3.8) is 0 Å². The Morgan fingerprint density at radius 3 is 2.64 bits per heavy atom. The van der Waals surface area contributed by atoms with Gasteiger partial charge in [-0.1, -0.05) is 6.07 Å². The molecule has 1 aromatic rings. The van der Waals surface area contributed by atoms with Gasteiger partial charge in [0.05, 0.1) is 0 Å². The van der Waals surface area contributed by atoms with Crippen LogP contribution in [0.3, 0.4) is 0 Å². The van der Waals surface area contributed by atoms with E-state index in [-0.39, 0.29) is 0 Å². The zero-order chi connectivity index (χ0) is 8.27. The molecular weight excluding hydrogens is 154 g/mol. The molecule has 11 heavy (non-hydrogen) atoms. The number of anilines is 1. The highest BCUT2D eigenvalue weighted by Crippen LogP contribution is 2.25. The molecule has 1 rings (SSSR count). The summed E-state index contributed by atoms with van der Waals surface area (Å²) in [5, 5.41) is 3.15. The van der Waals surface area contributed by atoms with Crippen LogP contribution in [0.2, 0.25) is 0 Å². The van der Waals surface area contributed by atoms with E-state index in [1.54, 1.807) is 11.8 Å². The highest BCUT2D eigenvalue weighted by atomic mass is 32.2. The van der Waals surface area contributed by atoms with Crippen molar-refractivity contribution < 1.29 is 0 Å². The van der Waals surface area contributed by atoms with Crippen molar-refractivity contribution in [2.24, 2.45) is 0 Å². The minimum Gasteiger partial charge on any atom is -0.387 e. The van der Waals surface area contributed by atoms with Gasteiger partial charge >= 0.3 is 0 Å². The molecule has 0 aromatic heterocycles. The summed E-state index contributed by atoms with van der Waals surface area (Å²) in [5.74, 6) is 0. The van der Waals surface area contributed by atoms with Gasteiger partial charge in [-0.15, -0.1) is 11.8 Å². The standard InChI is InChI=1S/C9H13NS/c1-7-4-5-8(10-2)9(6-7)11-3/h4-6,10H,1-3H3. The van der Waals surface area contributed by atoms with Crippen molar-refractivity contribution in [1.82, 2.24) is 0 Å². The second-order valence-corrected chi connectivity index (χ2v) is 3.30. The lowest BCUT2D eigenvalue weighted by Gasteiger charge is -2.06. The fraction of sp³-hybridized carbons (Fsp3) is 0.333. The summed E-state index contributed by atoms with van der Waals surface area (Å²) >= 11 is 1.77. The molecule has 0 fully saturated rings. The van der Waals surface area contributed by atoms with Crippen molar-refractivity contribution in [2.75, 3.05) is 18.6 Å². The van der Waals surface area contributed by atoms with E-state index in [9.17, 15) is 0 Å². The average Bonchev–Trinajstić information content (AvgIpc) is 2.04. The number of thioether (sulfide) groups is 1. The van der Waals surface area contributed by atoms with Crippen LogP contribution in [0.15, 0.2) is 23.1 Å². The van der Waals surface area contributed by atoms with Crippen molar-refractivity contribution in [3.05, 3.63) is 23.8 Å². The maximum Gasteiger partial charge on any atom is 0.0475 e. The van der Waals surface area contributed by atoms with Gasteiger partial charge < -0.3 is 5.32 Å². The zero-order valence-electron chi connectivity index (χ0n) is 7.14. The SMILES string of the molecule is CNc1ccc(C)cc1SC. The first kappa shape index (κ1) is 8.47. The molecule has 0 radical (unpaired) electrons. The van der Waals surface area contributed by atoms with E-state index in [4.69, 9.17) is 0 Å². The molecule has 1 aromatic carbocycles. The van der Waals surface area contributed by atoms with Crippen LogP contribution in [0.4, 0.5) is 5.69 Å². The second kappa shape index (κ2) is 3.67. The molecule has 0 unspecified atom stereocenters. The number of benzene rings is 1. The number of hydrogen-bond acceptors (Lipinski definition) is 2. The van der Waals surface area contributed by atoms with Crippen molar-refractivity contribution in [1.29, 1.82) is 0 Å². The summed E-state index contributed by atoms with van der Waals surface area (Å²) in [5.41, 5.74) is 2.52. The minimum atomic E-state index is 1.21. The van der Waals surface area contributed by atoms with Crippen LogP contribution in [0.5, 0.6) is 0 Å². The van der Waals surface area contributed by atoms with Gasteiger partial charge in [-0.25, -0.2) is 0 Å². The van der Waals surface area contributed by atoms with Gasteiger partial charge in [0.15, 0.2) is 0 Å². The van der Waals surface area contributed by atoms with Gasteiger partial charge in [-0.2, -0.15) is 0 Å². The van der Waals surface area contributed by atoms with Gasteiger partial charge in [0.1, 0.15) is 0 Å². The molecule has 1 nitrogen and oxygen atoms in total. The third-order valence-electron chi connectivity index (χ3n) is 1.63. The number of rotatable bonds is 2. The summed E-state index contributed by atoms with van der Waals surface area (Å²) in [6.45, 7) is 2.11. The Morgan fingerprint density at radius 2 is 2.09 bits per heavy atom. The van der Waals surface area contributed by atoms with Crippen molar-refractivity contribution in [3.8, 4) is 0 Å². The molecule has 0 bridgehead atoms. The van der Waals surface area contributed by atoms with Crippen LogP contribution in [0.25, 0.3) is 0 Å². The quantitative estimate of drug-likeness (QED) is 0.680. The topological polar surface area (TPSA) is 12.0 Å². The van der Waals surface area contributed by atoms with Gasteiger partial charge in [0.2, 0.25) is 0 Å². The predicted molar refractivity (Wildman–Crippen MR) is 52.5 cm³/mol. The molecule has 2 heteroatoms. The summed E-state index contributed by atoms with van der Waals surface area (Å²) < 4.78 is 0. The molecule has 0 saturated heterocycles. The van der Waals surface area contributed by atoms with Gasteiger partial charge in [-0.3, -0.25) is 0 Å². The molecule has 0 aliphatic heterocycles. The second-order valence-electron chi connectivity index (χ2n) is 2.45. The highest BCUT2D eigenvalue weighted by molar-refractivity contribution is 7.98. The highest BCUT2D eigenvalue weighted by Gasteiger charge is 1.97. The van der Waals surface area contributed by atoms with Gasteiger partial charge in [0.25, 0.3) is 0 Å². The first-order valence-electron chi connectivity index (χ1n) is 3.60. The predicted octanol–water partition coefficient (Wildman–Crippen LogP) is 2.76. The molecule has 0 amide bonds. The Bertz CT molecular complexity index is 245. The van der Waals surface area contributed by atoms with E-state index >= 15 is 0 Å². The molecule has 0 aliphatic rings. The lowest BCUT2D eigenvalue weighted by Crippen LogP contribution is -1.90. The summed E-state index contributed by atoms with van der Waals surface area (Å²) in [6.07, 6.45) is 2.09. The molecule has 0 aliphatic carbocycles. The maximum atomic E-state index is 3.15. The number of hydrogen-bond donors (Lipinski definition) is 1. The molecule has 1 N–H and O–H groups in total. The zero-order valence-corrected chi connectivity index (χ0v) is 7.96. The number of aryl methyl sites for hydroxylation is 1. The largest absolute Gasteiger partial charge is 0.387 e. The third kappa shape index (κ3) is 1.90. The Balaban J connectivity index is 3.06. The molecule has 0 spiro atoms. The maximum absolute atomic E-state index is 3.15. The summed E-state index contributed by atoms with van der Waals surface area (Å²) in [6, 6.07) is 6.42. The van der Waals surface area contributed by atoms with Crippen LogP contribution in [-0.4, -0.2) is 13.3 Å². The molecule has 0 heterocycles. The molecule has 60 valence electrons. The molecule has 0 atom stereocenters. The van der Waals surface area contributed by atoms with E-state index in [1.165, 1.54) is 16.1 Å². The lowest BCUT2D eigenvalue weighted by atomic mass is 10.2. The van der Waals surface area contributed by atoms with E-state index in [0.29, 0.717) is 0 Å². The van der Waals surface area contributed by atoms with E-state index in [1.807, 2.05) is 7.05 Å². The van der Waals surface area contributed by atoms with Crippen molar-refractivity contribution >= 4 is 17.4 Å². The smallest absolute Gasteiger partial charge is 0.0475 e. The average molecular weight is 167 g/mol. The Kier molecular flexibility index (Phi) is 2.83. The van der Waals surface area contributed by atoms with E-state index in [0.717, 1.165) is 0 Å². The Hall–Kier alpha value is -0.630. The first-order valence-corrected chi connectivity index (χ1v) is 4.83. The molecule has 0 saturated carbocycles. The fourth-order valence-corrected chi connectivity index (χ4v) is 1.70. The van der Waals surface area contributed by atoms with Crippen LogP contribution in [0, 0.1) is 6.92 Å². The first-order chi connectivity index (χ1) is 5.27. The van der Waals surface area contributed by atoms with Crippen molar-refractivity contribution in [2.45, 2.75) is 11.8 Å². The lowest BCUT2D eigenvalue weighted by molar-refractivity contribution is 1.33. The Morgan fingerprint density at radius 1 is 1.36 bits per heavy atom. The molecular formula is C9H13NS. The number of nitrogens with one attached hydrogen (secondary N) is 1. The van der Waals surface area contributed by atoms with Gasteiger partial charge in [0, 0.05) is 17.6 Å². The minimum absolute atomic E-state index is 1.21. The monoisotopic (exact) mass is 167 g/mol. The summed E-state index contributed by atoms with van der Waals surface area (Å²) in [7, 11) is 1.95. The van der Waals surface area contributed by atoms with Crippen LogP contribution < -0.4 is 5.32 Å². The normalized spacial score (nSPS) is 9.73. The fourth-order valence-electron chi connectivity index (χ4n) is 1.00. The van der Waals surface area contributed by atoms with Crippen LogP contribution >= 0.6 is 11.8 Å². The summed E-state index contributed by atoms with van der Waals surface area (Å²) in [4.78, 5) is 1.31. The van der Waals surface area contributed by atoms with E-state index in [2.05, 4.69) is 36.7 Å². The van der Waals surface area contributed by atoms with Crippen LogP contribution in [0.1, 0.15) is 5.56 Å². The van der Waals surface area contributed by atoms with Gasteiger partial charge in [-0.05, 0) is 30.9 Å². The van der Waals surface area contributed by atoms with E-state index < -0.39 is 0 Å².